The summed E-state index contributed by atoms with van der Waals surface area (Å²) in [7, 11) is 0. The second-order valence-electron chi connectivity index (χ2n) is 6.20. The van der Waals surface area contributed by atoms with Crippen LogP contribution in [0.15, 0.2) is 11.4 Å². The van der Waals surface area contributed by atoms with Crippen LogP contribution in [-0.2, 0) is 11.3 Å². The van der Waals surface area contributed by atoms with Gasteiger partial charge in [0.25, 0.3) is 0 Å². The first-order chi connectivity index (χ1) is 9.47. The molecule has 2 unspecified atom stereocenters. The molecule has 0 aromatic carbocycles. The standard InChI is InChI=1S/C15H24N2O2S/c1-10(2)13-7-16-15(20-9-14(18)19)17(13)8-12-5-4-11(3)6-12/h7,10-12H,4-6,8-9H2,1-3H3,(H,18,19). The van der Waals surface area contributed by atoms with Crippen molar-refractivity contribution in [2.45, 2.75) is 57.7 Å². The van der Waals surface area contributed by atoms with Gasteiger partial charge in [-0.2, -0.15) is 0 Å². The van der Waals surface area contributed by atoms with Gasteiger partial charge in [-0.1, -0.05) is 39.0 Å². The maximum absolute atomic E-state index is 10.8. The maximum atomic E-state index is 10.8. The zero-order valence-electron chi connectivity index (χ0n) is 12.5. The summed E-state index contributed by atoms with van der Waals surface area (Å²) < 4.78 is 2.25. The number of hydrogen-bond donors (Lipinski definition) is 1. The summed E-state index contributed by atoms with van der Waals surface area (Å²) in [5.41, 5.74) is 1.22. The Hall–Kier alpha value is -0.970. The summed E-state index contributed by atoms with van der Waals surface area (Å²) in [4.78, 5) is 15.2. The van der Waals surface area contributed by atoms with Gasteiger partial charge in [-0.3, -0.25) is 4.79 Å². The molecule has 1 aliphatic carbocycles. The van der Waals surface area contributed by atoms with Gasteiger partial charge in [0.05, 0.1) is 5.75 Å². The smallest absolute Gasteiger partial charge is 0.313 e. The molecule has 0 bridgehead atoms. The van der Waals surface area contributed by atoms with E-state index >= 15 is 0 Å². The van der Waals surface area contributed by atoms with Crippen molar-refractivity contribution in [1.29, 1.82) is 0 Å². The highest BCUT2D eigenvalue weighted by Crippen LogP contribution is 2.33. The van der Waals surface area contributed by atoms with Crippen molar-refractivity contribution in [2.24, 2.45) is 11.8 Å². The third-order valence-electron chi connectivity index (χ3n) is 4.01. The first kappa shape index (κ1) is 15.4. The quantitative estimate of drug-likeness (QED) is 0.815. The normalized spacial score (nSPS) is 22.6. The van der Waals surface area contributed by atoms with Crippen molar-refractivity contribution in [1.82, 2.24) is 9.55 Å². The molecule has 0 aliphatic heterocycles. The summed E-state index contributed by atoms with van der Waals surface area (Å²) in [5.74, 6) is 1.24. The average molecular weight is 296 g/mol. The van der Waals surface area contributed by atoms with E-state index in [-0.39, 0.29) is 5.75 Å². The summed E-state index contributed by atoms with van der Waals surface area (Å²) in [6.07, 6.45) is 5.78. The Labute approximate surface area is 125 Å². The van der Waals surface area contributed by atoms with Crippen molar-refractivity contribution < 1.29 is 9.90 Å². The van der Waals surface area contributed by atoms with Crippen LogP contribution in [0, 0.1) is 11.8 Å². The number of carboxylic acid groups (broad SMARTS) is 1. The van der Waals surface area contributed by atoms with Crippen LogP contribution in [0.1, 0.15) is 51.6 Å². The van der Waals surface area contributed by atoms with E-state index in [0.717, 1.165) is 17.6 Å². The number of rotatable bonds is 6. The third-order valence-corrected chi connectivity index (χ3v) is 4.99. The lowest BCUT2D eigenvalue weighted by Crippen LogP contribution is -2.13. The van der Waals surface area contributed by atoms with Gasteiger partial charge in [-0.25, -0.2) is 4.98 Å². The van der Waals surface area contributed by atoms with E-state index in [9.17, 15) is 4.79 Å². The van der Waals surface area contributed by atoms with E-state index in [1.54, 1.807) is 0 Å². The first-order valence-corrected chi connectivity index (χ1v) is 8.36. The van der Waals surface area contributed by atoms with Crippen molar-refractivity contribution >= 4 is 17.7 Å². The van der Waals surface area contributed by atoms with Crippen LogP contribution in [0.2, 0.25) is 0 Å². The molecule has 2 atom stereocenters. The minimum absolute atomic E-state index is 0.0790. The monoisotopic (exact) mass is 296 g/mol. The summed E-state index contributed by atoms with van der Waals surface area (Å²) >= 11 is 1.33. The lowest BCUT2D eigenvalue weighted by Gasteiger charge is -2.17. The number of carbonyl (C=O) groups is 1. The van der Waals surface area contributed by atoms with E-state index in [4.69, 9.17) is 5.11 Å². The van der Waals surface area contributed by atoms with Crippen molar-refractivity contribution in [2.75, 3.05) is 5.75 Å². The Balaban J connectivity index is 2.13. The fourth-order valence-electron chi connectivity index (χ4n) is 3.01. The minimum Gasteiger partial charge on any atom is -0.481 e. The Morgan fingerprint density at radius 1 is 1.55 bits per heavy atom. The summed E-state index contributed by atoms with van der Waals surface area (Å²) in [5, 5.41) is 9.70. The van der Waals surface area contributed by atoms with E-state index < -0.39 is 5.97 Å². The molecule has 1 fully saturated rings. The first-order valence-electron chi connectivity index (χ1n) is 7.37. The van der Waals surface area contributed by atoms with Gasteiger partial charge in [0.15, 0.2) is 5.16 Å². The molecule has 1 aromatic heterocycles. The van der Waals surface area contributed by atoms with Crippen LogP contribution in [0.4, 0.5) is 0 Å². The Bertz CT molecular complexity index is 470. The number of thioether (sulfide) groups is 1. The highest BCUT2D eigenvalue weighted by Gasteiger charge is 2.24. The van der Waals surface area contributed by atoms with Crippen molar-refractivity contribution in [3.05, 3.63) is 11.9 Å². The maximum Gasteiger partial charge on any atom is 0.313 e. The summed E-state index contributed by atoms with van der Waals surface area (Å²) in [6, 6.07) is 0. The molecule has 1 N–H and O–H groups in total. The lowest BCUT2D eigenvalue weighted by atomic mass is 10.1. The number of nitrogens with zero attached hydrogens (tertiary/aromatic N) is 2. The molecule has 20 heavy (non-hydrogen) atoms. The largest absolute Gasteiger partial charge is 0.481 e. The second kappa shape index (κ2) is 6.66. The van der Waals surface area contributed by atoms with Crippen LogP contribution in [0.5, 0.6) is 0 Å². The Morgan fingerprint density at radius 3 is 2.85 bits per heavy atom. The molecule has 112 valence electrons. The molecule has 4 nitrogen and oxygen atoms in total. The van der Waals surface area contributed by atoms with Crippen LogP contribution >= 0.6 is 11.8 Å². The minimum atomic E-state index is -0.787. The number of aliphatic carboxylic acids is 1. The summed E-state index contributed by atoms with van der Waals surface area (Å²) in [6.45, 7) is 7.63. The van der Waals surface area contributed by atoms with Gasteiger partial charge in [-0.05, 0) is 30.6 Å². The van der Waals surface area contributed by atoms with Crippen LogP contribution in [0.25, 0.3) is 0 Å². The molecule has 1 aliphatic rings. The molecule has 0 saturated heterocycles. The molecular formula is C15H24N2O2S. The molecule has 1 heterocycles. The SMILES string of the molecule is CC1CCC(Cn2c(C(C)C)cnc2SCC(=O)O)C1. The van der Waals surface area contributed by atoms with Gasteiger partial charge in [0.2, 0.25) is 0 Å². The zero-order valence-corrected chi connectivity index (χ0v) is 13.3. The molecule has 2 rings (SSSR count). The predicted molar refractivity (Wildman–Crippen MR) is 81.2 cm³/mol. The van der Waals surface area contributed by atoms with Gasteiger partial charge in [-0.15, -0.1) is 0 Å². The Kier molecular flexibility index (Phi) is 5.13. The van der Waals surface area contributed by atoms with E-state index in [2.05, 4.69) is 30.3 Å². The molecule has 5 heteroatoms. The lowest BCUT2D eigenvalue weighted by molar-refractivity contribution is -0.133. The molecule has 1 saturated carbocycles. The fourth-order valence-corrected chi connectivity index (χ4v) is 3.72. The van der Waals surface area contributed by atoms with Crippen LogP contribution in [-0.4, -0.2) is 26.4 Å². The average Bonchev–Trinajstić information content (AvgIpc) is 2.94. The molecule has 0 amide bonds. The topological polar surface area (TPSA) is 55.1 Å². The van der Waals surface area contributed by atoms with Gasteiger partial charge in [0.1, 0.15) is 0 Å². The molecule has 0 spiro atoms. The van der Waals surface area contributed by atoms with Gasteiger partial charge in [0, 0.05) is 18.4 Å². The second-order valence-corrected chi connectivity index (χ2v) is 7.14. The van der Waals surface area contributed by atoms with Crippen LogP contribution < -0.4 is 0 Å². The van der Waals surface area contributed by atoms with E-state index in [0.29, 0.717) is 11.8 Å². The highest BCUT2D eigenvalue weighted by atomic mass is 32.2. The van der Waals surface area contributed by atoms with Crippen molar-refractivity contribution in [3.8, 4) is 0 Å². The number of imidazole rings is 1. The zero-order chi connectivity index (χ0) is 14.7. The number of hydrogen-bond acceptors (Lipinski definition) is 3. The fraction of sp³-hybridized carbons (Fsp3) is 0.733. The van der Waals surface area contributed by atoms with E-state index in [1.807, 2.05) is 6.20 Å². The van der Waals surface area contributed by atoms with E-state index in [1.165, 1.54) is 36.7 Å². The van der Waals surface area contributed by atoms with Gasteiger partial charge < -0.3 is 9.67 Å². The Morgan fingerprint density at radius 2 is 2.30 bits per heavy atom. The molecular weight excluding hydrogens is 272 g/mol. The number of aromatic nitrogens is 2. The van der Waals surface area contributed by atoms with Gasteiger partial charge >= 0.3 is 5.97 Å². The third kappa shape index (κ3) is 3.78. The highest BCUT2D eigenvalue weighted by molar-refractivity contribution is 7.99. The molecule has 0 radical (unpaired) electrons. The van der Waals surface area contributed by atoms with Crippen molar-refractivity contribution in [3.63, 3.8) is 0 Å². The van der Waals surface area contributed by atoms with Crippen LogP contribution in [0.3, 0.4) is 0 Å². The number of carboxylic acids is 1. The predicted octanol–water partition coefficient (Wildman–Crippen LogP) is 3.62. The molecule has 1 aromatic rings.